The molecule has 2 saturated heterocycles. The van der Waals surface area contributed by atoms with Crippen LogP contribution in [0.2, 0.25) is 0 Å². The molecule has 2 atom stereocenters. The van der Waals surface area contributed by atoms with Gasteiger partial charge >= 0.3 is 0 Å². The summed E-state index contributed by atoms with van der Waals surface area (Å²) in [6.45, 7) is 4.09. The van der Waals surface area contributed by atoms with E-state index < -0.39 is 9.84 Å². The summed E-state index contributed by atoms with van der Waals surface area (Å²) < 4.78 is 25.2. The van der Waals surface area contributed by atoms with Crippen molar-refractivity contribution < 1.29 is 13.2 Å². The molecule has 0 bridgehead atoms. The molecular weight excluding hydrogens is 436 g/mol. The molecular formula is C18H23BrN2O3S2. The number of hydrogen-bond acceptors (Lipinski definition) is 4. The van der Waals surface area contributed by atoms with Gasteiger partial charge in [0, 0.05) is 21.8 Å². The summed E-state index contributed by atoms with van der Waals surface area (Å²) in [5, 5.41) is 0.573. The number of nitrogens with zero attached hydrogens (tertiary/aromatic N) is 2. The molecule has 0 N–H and O–H groups in total. The molecule has 26 heavy (non-hydrogen) atoms. The lowest BCUT2D eigenvalue weighted by atomic mass is 10.1. The van der Waals surface area contributed by atoms with Crippen molar-refractivity contribution in [3.63, 3.8) is 0 Å². The lowest BCUT2D eigenvalue weighted by Crippen LogP contribution is -2.37. The van der Waals surface area contributed by atoms with Crippen molar-refractivity contribution in [2.75, 3.05) is 16.4 Å². The number of carbonyl (C=O) groups is 1. The summed E-state index contributed by atoms with van der Waals surface area (Å²) in [7, 11) is -3.05. The summed E-state index contributed by atoms with van der Waals surface area (Å²) in [5.41, 5.74) is 1.95. The topological polar surface area (TPSA) is 66.8 Å². The Bertz CT molecular complexity index is 839. The molecule has 1 amide bonds. The molecule has 0 unspecified atom stereocenters. The summed E-state index contributed by atoms with van der Waals surface area (Å²) in [6.07, 6.45) is 3.36. The molecule has 2 aliphatic rings. The van der Waals surface area contributed by atoms with Gasteiger partial charge in [-0.05, 0) is 37.1 Å². The van der Waals surface area contributed by atoms with Crippen molar-refractivity contribution in [3.05, 3.63) is 28.2 Å². The van der Waals surface area contributed by atoms with Gasteiger partial charge < -0.3 is 4.90 Å². The fourth-order valence-corrected chi connectivity index (χ4v) is 7.51. The van der Waals surface area contributed by atoms with Gasteiger partial charge in [-0.3, -0.25) is 4.79 Å². The predicted molar refractivity (Wildman–Crippen MR) is 112 cm³/mol. The van der Waals surface area contributed by atoms with E-state index in [9.17, 15) is 13.2 Å². The minimum Gasteiger partial charge on any atom is -0.316 e. The highest BCUT2D eigenvalue weighted by atomic mass is 79.9. The van der Waals surface area contributed by atoms with Gasteiger partial charge in [0.1, 0.15) is 0 Å². The predicted octanol–water partition coefficient (Wildman–Crippen LogP) is 3.94. The van der Waals surface area contributed by atoms with Crippen molar-refractivity contribution in [1.82, 2.24) is 0 Å². The molecule has 8 heteroatoms. The monoisotopic (exact) mass is 458 g/mol. The number of fused-ring (bicyclic) bond motifs is 1. The number of aryl methyl sites for hydroxylation is 1. The van der Waals surface area contributed by atoms with E-state index in [2.05, 4.69) is 27.8 Å². The summed E-state index contributed by atoms with van der Waals surface area (Å²) in [5.74, 6) is 0.142. The minimum absolute atomic E-state index is 0.0638. The van der Waals surface area contributed by atoms with Gasteiger partial charge in [0.25, 0.3) is 0 Å². The maximum atomic E-state index is 12.3. The Balaban J connectivity index is 1.90. The second-order valence-electron chi connectivity index (χ2n) is 6.85. The standard InChI is InChI=1S/C18H23BrN2O3S2/c1-3-4-5-6-17(22)20-18-21(13-7-8-14(19)12(2)9-13)15-10-26(23,24)11-16(15)25-18/h7-9,15-16H,3-6,10-11H2,1-2H3/t15-,16+/m1/s1. The lowest BCUT2D eigenvalue weighted by molar-refractivity contribution is -0.117. The SMILES string of the molecule is CCCCCC(=O)N=C1S[C@H]2CS(=O)(=O)C[C@H]2N1c1ccc(Br)c(C)c1. The molecule has 1 aromatic carbocycles. The molecule has 0 spiro atoms. The van der Waals surface area contributed by atoms with E-state index in [1.54, 1.807) is 0 Å². The quantitative estimate of drug-likeness (QED) is 0.624. The van der Waals surface area contributed by atoms with E-state index in [1.165, 1.54) is 11.8 Å². The molecule has 0 saturated carbocycles. The number of aliphatic imine (C=N–C) groups is 1. The highest BCUT2D eigenvalue weighted by Crippen LogP contribution is 2.41. The van der Waals surface area contributed by atoms with Crippen LogP contribution in [0, 0.1) is 6.92 Å². The number of benzene rings is 1. The van der Waals surface area contributed by atoms with E-state index in [4.69, 9.17) is 0 Å². The zero-order valence-electron chi connectivity index (χ0n) is 14.9. The van der Waals surface area contributed by atoms with Crippen LogP contribution >= 0.6 is 27.7 Å². The van der Waals surface area contributed by atoms with E-state index >= 15 is 0 Å². The minimum atomic E-state index is -3.05. The number of rotatable bonds is 5. The number of thioether (sulfide) groups is 1. The van der Waals surface area contributed by atoms with E-state index in [-0.39, 0.29) is 28.7 Å². The molecule has 3 rings (SSSR count). The van der Waals surface area contributed by atoms with E-state index in [1.807, 2.05) is 30.0 Å². The highest BCUT2D eigenvalue weighted by Gasteiger charge is 2.49. The molecule has 0 aliphatic carbocycles. The molecule has 2 fully saturated rings. The number of carbonyl (C=O) groups excluding carboxylic acids is 1. The van der Waals surface area contributed by atoms with Crippen molar-refractivity contribution in [3.8, 4) is 0 Å². The number of halogens is 1. The maximum Gasteiger partial charge on any atom is 0.248 e. The zero-order chi connectivity index (χ0) is 18.9. The fourth-order valence-electron chi connectivity index (χ4n) is 3.33. The largest absolute Gasteiger partial charge is 0.316 e. The second kappa shape index (κ2) is 8.02. The Morgan fingerprint density at radius 2 is 2.12 bits per heavy atom. The molecule has 2 heterocycles. The number of hydrogen-bond donors (Lipinski definition) is 0. The van der Waals surface area contributed by atoms with Crippen LogP contribution in [-0.4, -0.2) is 42.3 Å². The number of unbranched alkanes of at least 4 members (excludes halogenated alkanes) is 2. The number of anilines is 1. The van der Waals surface area contributed by atoms with Crippen LogP contribution in [0.1, 0.15) is 38.2 Å². The molecule has 0 aromatic heterocycles. The van der Waals surface area contributed by atoms with E-state index in [0.29, 0.717) is 11.6 Å². The number of amides is 1. The Labute approximate surface area is 167 Å². The van der Waals surface area contributed by atoms with Crippen LogP contribution in [0.4, 0.5) is 5.69 Å². The Morgan fingerprint density at radius 1 is 1.35 bits per heavy atom. The van der Waals surface area contributed by atoms with Gasteiger partial charge in [-0.15, -0.1) is 0 Å². The Hall–Kier alpha value is -0.860. The van der Waals surface area contributed by atoms with Gasteiger partial charge in [0.15, 0.2) is 15.0 Å². The average Bonchev–Trinajstić information content (AvgIpc) is 3.01. The van der Waals surface area contributed by atoms with Crippen LogP contribution in [0.15, 0.2) is 27.7 Å². The van der Waals surface area contributed by atoms with Crippen molar-refractivity contribution >= 4 is 54.3 Å². The molecule has 5 nitrogen and oxygen atoms in total. The zero-order valence-corrected chi connectivity index (χ0v) is 18.2. The summed E-state index contributed by atoms with van der Waals surface area (Å²) in [4.78, 5) is 18.6. The fraction of sp³-hybridized carbons (Fsp3) is 0.556. The smallest absolute Gasteiger partial charge is 0.248 e. The van der Waals surface area contributed by atoms with Crippen LogP contribution in [-0.2, 0) is 14.6 Å². The first kappa shape index (κ1) is 19.9. The first-order valence-corrected chi connectivity index (χ1v) is 12.3. The Morgan fingerprint density at radius 3 is 2.81 bits per heavy atom. The van der Waals surface area contributed by atoms with Gasteiger partial charge in [0.2, 0.25) is 5.91 Å². The first-order valence-electron chi connectivity index (χ1n) is 8.84. The average molecular weight is 459 g/mol. The number of amidine groups is 1. The molecule has 142 valence electrons. The Kier molecular flexibility index (Phi) is 6.14. The molecule has 2 aliphatic heterocycles. The van der Waals surface area contributed by atoms with Crippen molar-refractivity contribution in [2.45, 2.75) is 50.8 Å². The van der Waals surface area contributed by atoms with Gasteiger partial charge in [-0.1, -0.05) is 47.5 Å². The van der Waals surface area contributed by atoms with Gasteiger partial charge in [-0.2, -0.15) is 4.99 Å². The normalized spacial score (nSPS) is 25.7. The maximum absolute atomic E-state index is 12.3. The van der Waals surface area contributed by atoms with E-state index in [0.717, 1.165) is 35.0 Å². The number of sulfone groups is 1. The van der Waals surface area contributed by atoms with Crippen LogP contribution in [0.5, 0.6) is 0 Å². The van der Waals surface area contributed by atoms with Crippen LogP contribution in [0.3, 0.4) is 0 Å². The first-order chi connectivity index (χ1) is 12.3. The third kappa shape index (κ3) is 4.34. The van der Waals surface area contributed by atoms with Crippen molar-refractivity contribution in [1.29, 1.82) is 0 Å². The third-order valence-electron chi connectivity index (χ3n) is 4.70. The lowest BCUT2D eigenvalue weighted by Gasteiger charge is -2.25. The summed E-state index contributed by atoms with van der Waals surface area (Å²) >= 11 is 4.93. The van der Waals surface area contributed by atoms with Crippen LogP contribution in [0.25, 0.3) is 0 Å². The molecule has 1 aromatic rings. The molecule has 0 radical (unpaired) electrons. The third-order valence-corrected chi connectivity index (χ3v) is 8.80. The highest BCUT2D eigenvalue weighted by molar-refractivity contribution is 9.10. The van der Waals surface area contributed by atoms with Crippen molar-refractivity contribution in [2.24, 2.45) is 4.99 Å². The second-order valence-corrected chi connectivity index (χ2v) is 11.1. The summed E-state index contributed by atoms with van der Waals surface area (Å²) in [6, 6.07) is 5.75. The van der Waals surface area contributed by atoms with Crippen LogP contribution < -0.4 is 4.90 Å². The van der Waals surface area contributed by atoms with Gasteiger partial charge in [0.05, 0.1) is 17.5 Å². The van der Waals surface area contributed by atoms with Gasteiger partial charge in [-0.25, -0.2) is 8.42 Å².